The zero-order chi connectivity index (χ0) is 19.7. The molecule has 0 bridgehead atoms. The number of rotatable bonds is 5. The fraction of sp³-hybridized carbons (Fsp3) is 0.550. The van der Waals surface area contributed by atoms with Gasteiger partial charge < -0.3 is 19.9 Å². The second kappa shape index (κ2) is 7.98. The largest absolute Gasteiger partial charge is 0.378 e. The predicted octanol–water partition coefficient (Wildman–Crippen LogP) is -0.132. The van der Waals surface area contributed by atoms with Gasteiger partial charge in [-0.05, 0) is 30.7 Å². The van der Waals surface area contributed by atoms with Crippen LogP contribution in [0.25, 0.3) is 0 Å². The molecule has 3 heterocycles. The number of carbonyl (C=O) groups excluding carboxylic acids is 3. The first-order valence-electron chi connectivity index (χ1n) is 9.77. The number of nitrogens with zero attached hydrogens (tertiary/aromatic N) is 2. The molecule has 2 saturated heterocycles. The number of morpholine rings is 1. The summed E-state index contributed by atoms with van der Waals surface area (Å²) >= 11 is 0. The molecule has 0 aliphatic carbocycles. The normalized spacial score (nSPS) is 25.2. The lowest BCUT2D eigenvalue weighted by Gasteiger charge is -2.29. The van der Waals surface area contributed by atoms with Crippen LogP contribution in [0.3, 0.4) is 0 Å². The van der Waals surface area contributed by atoms with Gasteiger partial charge in [0.25, 0.3) is 5.91 Å². The van der Waals surface area contributed by atoms with Gasteiger partial charge in [0.15, 0.2) is 0 Å². The highest BCUT2D eigenvalue weighted by Gasteiger charge is 2.39. The van der Waals surface area contributed by atoms with Gasteiger partial charge >= 0.3 is 0 Å². The number of ether oxygens (including phenoxy) is 1. The average molecular weight is 386 g/mol. The zero-order valence-corrected chi connectivity index (χ0v) is 16.1. The van der Waals surface area contributed by atoms with Crippen molar-refractivity contribution >= 4 is 17.7 Å². The summed E-state index contributed by atoms with van der Waals surface area (Å²) in [6.07, 6.45) is 0.655. The van der Waals surface area contributed by atoms with Crippen LogP contribution in [-0.4, -0.2) is 73.0 Å². The van der Waals surface area contributed by atoms with E-state index < -0.39 is 6.04 Å². The number of piperidine rings is 1. The average Bonchev–Trinajstić information content (AvgIpc) is 2.99. The SMILES string of the molecule is CN(Cc1ccc2c(c1)C(=O)N(C1CCC(=O)NC1=O)C2)CC1COCCN1. The highest BCUT2D eigenvalue weighted by atomic mass is 16.5. The number of imide groups is 1. The van der Waals surface area contributed by atoms with Crippen molar-refractivity contribution in [2.24, 2.45) is 0 Å². The van der Waals surface area contributed by atoms with Crippen LogP contribution in [0.15, 0.2) is 18.2 Å². The molecule has 3 aliphatic heterocycles. The maximum atomic E-state index is 12.9. The van der Waals surface area contributed by atoms with Gasteiger partial charge in [-0.2, -0.15) is 0 Å². The molecule has 8 nitrogen and oxygen atoms in total. The van der Waals surface area contributed by atoms with Crippen LogP contribution < -0.4 is 10.6 Å². The Kier molecular flexibility index (Phi) is 5.43. The molecule has 3 aliphatic rings. The van der Waals surface area contributed by atoms with E-state index in [1.54, 1.807) is 4.90 Å². The molecular weight excluding hydrogens is 360 g/mol. The third-order valence-corrected chi connectivity index (χ3v) is 5.58. The molecule has 8 heteroatoms. The minimum absolute atomic E-state index is 0.128. The minimum Gasteiger partial charge on any atom is -0.378 e. The van der Waals surface area contributed by atoms with E-state index in [4.69, 9.17) is 4.74 Å². The summed E-state index contributed by atoms with van der Waals surface area (Å²) in [5, 5.41) is 5.78. The van der Waals surface area contributed by atoms with Gasteiger partial charge in [0.1, 0.15) is 6.04 Å². The Bertz CT molecular complexity index is 790. The van der Waals surface area contributed by atoms with Gasteiger partial charge in [-0.15, -0.1) is 0 Å². The zero-order valence-electron chi connectivity index (χ0n) is 16.1. The molecule has 150 valence electrons. The number of carbonyl (C=O) groups is 3. The molecule has 0 spiro atoms. The van der Waals surface area contributed by atoms with Crippen molar-refractivity contribution in [3.05, 3.63) is 34.9 Å². The van der Waals surface area contributed by atoms with Crippen LogP contribution in [0.4, 0.5) is 0 Å². The molecule has 0 aromatic heterocycles. The van der Waals surface area contributed by atoms with Gasteiger partial charge in [0, 0.05) is 44.2 Å². The van der Waals surface area contributed by atoms with Gasteiger partial charge in [-0.3, -0.25) is 19.7 Å². The summed E-state index contributed by atoms with van der Waals surface area (Å²) in [5.74, 6) is -0.774. The van der Waals surface area contributed by atoms with E-state index in [0.717, 1.165) is 37.4 Å². The van der Waals surface area contributed by atoms with E-state index in [2.05, 4.69) is 22.6 Å². The fourth-order valence-electron chi connectivity index (χ4n) is 4.19. The fourth-order valence-corrected chi connectivity index (χ4v) is 4.19. The van der Waals surface area contributed by atoms with E-state index in [1.807, 2.05) is 18.2 Å². The van der Waals surface area contributed by atoms with E-state index in [-0.39, 0.29) is 24.1 Å². The first-order valence-corrected chi connectivity index (χ1v) is 9.77. The van der Waals surface area contributed by atoms with Crippen LogP contribution in [-0.2, 0) is 27.4 Å². The molecule has 0 radical (unpaired) electrons. The molecule has 28 heavy (non-hydrogen) atoms. The Morgan fingerprint density at radius 2 is 2.14 bits per heavy atom. The Morgan fingerprint density at radius 1 is 1.29 bits per heavy atom. The number of likely N-dealkylation sites (N-methyl/N-ethyl adjacent to an activating group) is 1. The Morgan fingerprint density at radius 3 is 2.89 bits per heavy atom. The summed E-state index contributed by atoms with van der Waals surface area (Å²) in [7, 11) is 2.06. The molecule has 4 rings (SSSR count). The van der Waals surface area contributed by atoms with E-state index in [0.29, 0.717) is 31.2 Å². The van der Waals surface area contributed by atoms with Crippen LogP contribution in [0, 0.1) is 0 Å². The van der Waals surface area contributed by atoms with Crippen molar-refractivity contribution in [3.63, 3.8) is 0 Å². The van der Waals surface area contributed by atoms with Crippen molar-refractivity contribution in [3.8, 4) is 0 Å². The van der Waals surface area contributed by atoms with Gasteiger partial charge in [-0.1, -0.05) is 12.1 Å². The number of benzene rings is 1. The Hall–Kier alpha value is -2.29. The Balaban J connectivity index is 1.41. The van der Waals surface area contributed by atoms with Crippen molar-refractivity contribution < 1.29 is 19.1 Å². The summed E-state index contributed by atoms with van der Waals surface area (Å²) < 4.78 is 5.50. The van der Waals surface area contributed by atoms with E-state index in [9.17, 15) is 14.4 Å². The topological polar surface area (TPSA) is 91.0 Å². The lowest BCUT2D eigenvalue weighted by molar-refractivity contribution is -0.136. The number of fused-ring (bicyclic) bond motifs is 1. The molecular formula is C20H26N4O4. The minimum atomic E-state index is -0.568. The molecule has 2 unspecified atom stereocenters. The molecule has 3 amide bonds. The predicted molar refractivity (Wildman–Crippen MR) is 101 cm³/mol. The summed E-state index contributed by atoms with van der Waals surface area (Å²) in [6.45, 7) is 4.37. The van der Waals surface area contributed by atoms with Gasteiger partial charge in [0.2, 0.25) is 11.8 Å². The van der Waals surface area contributed by atoms with E-state index >= 15 is 0 Å². The van der Waals surface area contributed by atoms with Crippen molar-refractivity contribution in [1.82, 2.24) is 20.4 Å². The highest BCUT2D eigenvalue weighted by Crippen LogP contribution is 2.28. The second-order valence-corrected chi connectivity index (χ2v) is 7.81. The van der Waals surface area contributed by atoms with Crippen LogP contribution in [0.1, 0.15) is 34.3 Å². The number of nitrogens with one attached hydrogen (secondary N) is 2. The molecule has 0 saturated carbocycles. The Labute approximate surface area is 164 Å². The molecule has 1 aromatic carbocycles. The summed E-state index contributed by atoms with van der Waals surface area (Å²) in [4.78, 5) is 40.2. The summed E-state index contributed by atoms with van der Waals surface area (Å²) in [5.41, 5.74) is 2.66. The van der Waals surface area contributed by atoms with Crippen molar-refractivity contribution in [2.75, 3.05) is 33.4 Å². The first kappa shape index (κ1) is 19.0. The molecule has 2 atom stereocenters. The molecule has 2 fully saturated rings. The maximum absolute atomic E-state index is 12.9. The number of amides is 3. The van der Waals surface area contributed by atoms with Gasteiger partial charge in [0.05, 0.1) is 13.2 Å². The smallest absolute Gasteiger partial charge is 0.255 e. The van der Waals surface area contributed by atoms with Crippen molar-refractivity contribution in [2.45, 2.75) is 38.0 Å². The quantitative estimate of drug-likeness (QED) is 0.685. The standard InChI is InChI=1S/C20H26N4O4/c1-23(11-15-12-28-7-6-21-15)9-13-2-3-14-10-24(20(27)16(14)8-13)17-4-5-18(25)22-19(17)26/h2-3,8,15,17,21H,4-7,9-12H2,1H3,(H,22,25,26). The van der Waals surface area contributed by atoms with Crippen molar-refractivity contribution in [1.29, 1.82) is 0 Å². The second-order valence-electron chi connectivity index (χ2n) is 7.81. The molecule has 1 aromatic rings. The van der Waals surface area contributed by atoms with Gasteiger partial charge in [-0.25, -0.2) is 0 Å². The van der Waals surface area contributed by atoms with Crippen LogP contribution >= 0.6 is 0 Å². The van der Waals surface area contributed by atoms with Crippen LogP contribution in [0.5, 0.6) is 0 Å². The molecule has 2 N–H and O–H groups in total. The van der Waals surface area contributed by atoms with Crippen LogP contribution in [0.2, 0.25) is 0 Å². The number of hydrogen-bond donors (Lipinski definition) is 2. The highest BCUT2D eigenvalue weighted by molar-refractivity contribution is 6.05. The first-order chi connectivity index (χ1) is 13.5. The lowest BCUT2D eigenvalue weighted by atomic mass is 10.0. The third-order valence-electron chi connectivity index (χ3n) is 5.58. The monoisotopic (exact) mass is 386 g/mol. The van der Waals surface area contributed by atoms with E-state index in [1.165, 1.54) is 0 Å². The summed E-state index contributed by atoms with van der Waals surface area (Å²) in [6, 6.07) is 5.70. The third kappa shape index (κ3) is 3.94. The lowest BCUT2D eigenvalue weighted by Crippen LogP contribution is -2.52. The number of hydrogen-bond acceptors (Lipinski definition) is 6. The maximum Gasteiger partial charge on any atom is 0.255 e.